The van der Waals surface area contributed by atoms with E-state index in [0.717, 1.165) is 30.9 Å². The van der Waals surface area contributed by atoms with Gasteiger partial charge in [-0.2, -0.15) is 0 Å². The zero-order valence-corrected chi connectivity index (χ0v) is 12.2. The molecule has 1 aromatic carbocycles. The van der Waals surface area contributed by atoms with Gasteiger partial charge in [0.05, 0.1) is 0 Å². The van der Waals surface area contributed by atoms with E-state index in [-0.39, 0.29) is 0 Å². The maximum absolute atomic E-state index is 6.06. The van der Waals surface area contributed by atoms with Crippen LogP contribution >= 0.6 is 0 Å². The molecule has 2 atom stereocenters. The molecule has 1 fully saturated rings. The topological polar surface area (TPSA) is 47.7 Å². The molecule has 1 aromatic rings. The fraction of sp³-hybridized carbons (Fsp3) is 0.625. The zero-order chi connectivity index (χ0) is 13.9. The first-order chi connectivity index (χ1) is 9.72. The average Bonchev–Trinajstić information content (AvgIpc) is 2.92. The number of aryl methyl sites for hydroxylation is 1. The summed E-state index contributed by atoms with van der Waals surface area (Å²) < 4.78 is 10.8. The van der Waals surface area contributed by atoms with Crippen molar-refractivity contribution >= 4 is 0 Å². The molecule has 0 bridgehead atoms. The third-order valence-corrected chi connectivity index (χ3v) is 4.40. The van der Waals surface area contributed by atoms with Gasteiger partial charge in [0.25, 0.3) is 0 Å². The Bertz CT molecular complexity index is 464. The summed E-state index contributed by atoms with van der Waals surface area (Å²) in [5.41, 5.74) is 7.38. The van der Waals surface area contributed by atoms with Gasteiger partial charge in [-0.3, -0.25) is 4.90 Å². The summed E-state index contributed by atoms with van der Waals surface area (Å²) >= 11 is 0. The van der Waals surface area contributed by atoms with E-state index in [1.54, 1.807) is 0 Å². The molecule has 20 heavy (non-hydrogen) atoms. The van der Waals surface area contributed by atoms with Crippen LogP contribution in [0.1, 0.15) is 31.7 Å². The maximum Gasteiger partial charge on any atom is 0.231 e. The molecule has 2 aliphatic heterocycles. The molecule has 2 aliphatic rings. The van der Waals surface area contributed by atoms with Crippen LogP contribution in [0.25, 0.3) is 0 Å². The van der Waals surface area contributed by atoms with Crippen LogP contribution < -0.4 is 15.2 Å². The summed E-state index contributed by atoms with van der Waals surface area (Å²) in [4.78, 5) is 2.53. The van der Waals surface area contributed by atoms with Crippen LogP contribution in [0.2, 0.25) is 0 Å². The van der Waals surface area contributed by atoms with Gasteiger partial charge in [-0.25, -0.2) is 0 Å². The number of likely N-dealkylation sites (tertiary alicyclic amines) is 1. The Morgan fingerprint density at radius 2 is 2.20 bits per heavy atom. The molecule has 4 heteroatoms. The number of hydrogen-bond donors (Lipinski definition) is 1. The number of piperidine rings is 1. The third kappa shape index (κ3) is 3.07. The Morgan fingerprint density at radius 3 is 3.05 bits per heavy atom. The van der Waals surface area contributed by atoms with Gasteiger partial charge in [-0.1, -0.05) is 6.07 Å². The molecule has 2 heterocycles. The van der Waals surface area contributed by atoms with E-state index in [9.17, 15) is 0 Å². The van der Waals surface area contributed by atoms with Crippen LogP contribution in [-0.4, -0.2) is 36.9 Å². The maximum atomic E-state index is 6.06. The molecule has 1 saturated heterocycles. The van der Waals surface area contributed by atoms with Crippen molar-refractivity contribution in [1.82, 2.24) is 4.90 Å². The smallest absolute Gasteiger partial charge is 0.231 e. The van der Waals surface area contributed by atoms with Crippen LogP contribution in [0, 0.1) is 0 Å². The molecular weight excluding hydrogens is 252 g/mol. The molecular formula is C16H24N2O2. The second-order valence-electron chi connectivity index (χ2n) is 5.97. The standard InChI is InChI=1S/C16H24N2O2/c1-12(18-8-2-3-14(17)10-18)4-5-13-6-7-15-16(9-13)20-11-19-15/h6-7,9,12,14H,2-5,8,10-11,17H2,1H3. The van der Waals surface area contributed by atoms with E-state index in [4.69, 9.17) is 15.2 Å². The molecule has 110 valence electrons. The molecule has 4 nitrogen and oxygen atoms in total. The van der Waals surface area contributed by atoms with Gasteiger partial charge in [0.1, 0.15) is 0 Å². The predicted octanol–water partition coefficient (Wildman–Crippen LogP) is 2.16. The first-order valence-corrected chi connectivity index (χ1v) is 7.60. The van der Waals surface area contributed by atoms with Crippen LogP contribution in [0.4, 0.5) is 0 Å². The SMILES string of the molecule is CC(CCc1ccc2c(c1)OCO2)N1CCCC(N)C1. The number of benzene rings is 1. The first-order valence-electron chi connectivity index (χ1n) is 7.60. The van der Waals surface area contributed by atoms with Gasteiger partial charge < -0.3 is 15.2 Å². The van der Waals surface area contributed by atoms with Gasteiger partial charge in [-0.15, -0.1) is 0 Å². The molecule has 0 radical (unpaired) electrons. The van der Waals surface area contributed by atoms with Gasteiger partial charge in [-0.05, 0) is 56.8 Å². The Kier molecular flexibility index (Phi) is 4.13. The normalized spacial score (nSPS) is 23.8. The van der Waals surface area contributed by atoms with Gasteiger partial charge in [0.2, 0.25) is 6.79 Å². The van der Waals surface area contributed by atoms with Gasteiger partial charge >= 0.3 is 0 Å². The van der Waals surface area contributed by atoms with Gasteiger partial charge in [0, 0.05) is 18.6 Å². The number of fused-ring (bicyclic) bond motifs is 1. The summed E-state index contributed by atoms with van der Waals surface area (Å²) in [5, 5.41) is 0. The minimum absolute atomic E-state index is 0.348. The van der Waals surface area contributed by atoms with E-state index in [1.807, 2.05) is 6.07 Å². The Balaban J connectivity index is 1.53. The van der Waals surface area contributed by atoms with Crippen molar-refractivity contribution in [3.05, 3.63) is 23.8 Å². The van der Waals surface area contributed by atoms with Gasteiger partial charge in [0.15, 0.2) is 11.5 Å². The lowest BCUT2D eigenvalue weighted by molar-refractivity contribution is 0.152. The summed E-state index contributed by atoms with van der Waals surface area (Å²) in [6, 6.07) is 7.21. The molecule has 0 saturated carbocycles. The highest BCUT2D eigenvalue weighted by molar-refractivity contribution is 5.44. The summed E-state index contributed by atoms with van der Waals surface area (Å²) in [5.74, 6) is 1.75. The molecule has 0 spiro atoms. The Hall–Kier alpha value is -1.26. The molecule has 2 unspecified atom stereocenters. The second-order valence-corrected chi connectivity index (χ2v) is 5.97. The highest BCUT2D eigenvalue weighted by Gasteiger charge is 2.21. The lowest BCUT2D eigenvalue weighted by Gasteiger charge is -2.35. The van der Waals surface area contributed by atoms with Crippen molar-refractivity contribution in [3.8, 4) is 11.5 Å². The zero-order valence-electron chi connectivity index (χ0n) is 12.2. The number of ether oxygens (including phenoxy) is 2. The van der Waals surface area contributed by atoms with Crippen molar-refractivity contribution < 1.29 is 9.47 Å². The van der Waals surface area contributed by atoms with Crippen molar-refractivity contribution in [2.45, 2.75) is 44.7 Å². The largest absolute Gasteiger partial charge is 0.454 e. The van der Waals surface area contributed by atoms with Crippen molar-refractivity contribution in [3.63, 3.8) is 0 Å². The number of rotatable bonds is 4. The molecule has 2 N–H and O–H groups in total. The quantitative estimate of drug-likeness (QED) is 0.915. The van der Waals surface area contributed by atoms with E-state index in [2.05, 4.69) is 24.0 Å². The van der Waals surface area contributed by atoms with Crippen LogP contribution in [0.5, 0.6) is 11.5 Å². The summed E-state index contributed by atoms with van der Waals surface area (Å²) in [6.45, 7) is 4.89. The van der Waals surface area contributed by atoms with Crippen molar-refractivity contribution in [2.75, 3.05) is 19.9 Å². The van der Waals surface area contributed by atoms with E-state index in [1.165, 1.54) is 24.9 Å². The van der Waals surface area contributed by atoms with Crippen molar-refractivity contribution in [2.24, 2.45) is 5.73 Å². The number of nitrogens with two attached hydrogens (primary N) is 1. The highest BCUT2D eigenvalue weighted by atomic mass is 16.7. The first kappa shape index (κ1) is 13.7. The van der Waals surface area contributed by atoms with Crippen LogP contribution in [-0.2, 0) is 6.42 Å². The number of hydrogen-bond acceptors (Lipinski definition) is 4. The van der Waals surface area contributed by atoms with E-state index in [0.29, 0.717) is 18.9 Å². The lowest BCUT2D eigenvalue weighted by Crippen LogP contribution is -2.46. The molecule has 0 aromatic heterocycles. The minimum Gasteiger partial charge on any atom is -0.454 e. The average molecular weight is 276 g/mol. The Morgan fingerprint density at radius 1 is 1.35 bits per heavy atom. The highest BCUT2D eigenvalue weighted by Crippen LogP contribution is 2.33. The fourth-order valence-corrected chi connectivity index (χ4v) is 3.10. The van der Waals surface area contributed by atoms with Crippen LogP contribution in [0.3, 0.4) is 0 Å². The second kappa shape index (κ2) is 6.02. The predicted molar refractivity (Wildman–Crippen MR) is 79.1 cm³/mol. The molecule has 3 rings (SSSR count). The molecule has 0 amide bonds. The summed E-state index contributed by atoms with van der Waals surface area (Å²) in [6.07, 6.45) is 4.64. The number of nitrogens with zero attached hydrogens (tertiary/aromatic N) is 1. The van der Waals surface area contributed by atoms with E-state index < -0.39 is 0 Å². The van der Waals surface area contributed by atoms with E-state index >= 15 is 0 Å². The minimum atomic E-state index is 0.348. The fourth-order valence-electron chi connectivity index (χ4n) is 3.10. The van der Waals surface area contributed by atoms with Crippen molar-refractivity contribution in [1.29, 1.82) is 0 Å². The monoisotopic (exact) mass is 276 g/mol. The third-order valence-electron chi connectivity index (χ3n) is 4.40. The summed E-state index contributed by atoms with van der Waals surface area (Å²) in [7, 11) is 0. The molecule has 0 aliphatic carbocycles. The van der Waals surface area contributed by atoms with Crippen LogP contribution in [0.15, 0.2) is 18.2 Å². The Labute approximate surface area is 120 Å². The lowest BCUT2D eigenvalue weighted by atomic mass is 10.0.